The second-order valence-corrected chi connectivity index (χ2v) is 4.87. The number of amides is 3. The average Bonchev–Trinajstić information content (AvgIpc) is 2.39. The molecule has 0 aromatic carbocycles. The van der Waals surface area contributed by atoms with Gasteiger partial charge in [-0.1, -0.05) is 19.3 Å². The monoisotopic (exact) mass is 255 g/mol. The molecule has 0 heterocycles. The summed E-state index contributed by atoms with van der Waals surface area (Å²) in [6.07, 6.45) is 9.65. The first-order valence-corrected chi connectivity index (χ1v) is 7.04. The summed E-state index contributed by atoms with van der Waals surface area (Å²) < 4.78 is 0. The molecule has 1 fully saturated rings. The van der Waals surface area contributed by atoms with Crippen LogP contribution in [0, 0.1) is 0 Å². The lowest BCUT2D eigenvalue weighted by molar-refractivity contribution is -0.109. The minimum Gasteiger partial charge on any atom is -0.359 e. The number of unbranched alkanes of at least 4 members (excludes halogenated alkanes) is 2. The summed E-state index contributed by atoms with van der Waals surface area (Å²) >= 11 is 0. The summed E-state index contributed by atoms with van der Waals surface area (Å²) in [7, 11) is 0. The number of nitrogens with one attached hydrogen (secondary N) is 3. The van der Waals surface area contributed by atoms with Gasteiger partial charge in [0.25, 0.3) is 0 Å². The molecule has 0 radical (unpaired) electrons. The van der Waals surface area contributed by atoms with Crippen molar-refractivity contribution >= 4 is 12.4 Å². The van der Waals surface area contributed by atoms with Crippen LogP contribution in [0.1, 0.15) is 51.4 Å². The van der Waals surface area contributed by atoms with E-state index in [1.54, 1.807) is 0 Å². The largest absolute Gasteiger partial charge is 0.359 e. The summed E-state index contributed by atoms with van der Waals surface area (Å²) in [6, 6.07) is 0.337. The number of rotatable bonds is 8. The van der Waals surface area contributed by atoms with Crippen LogP contribution in [-0.4, -0.2) is 31.6 Å². The molecule has 5 heteroatoms. The molecule has 0 saturated heterocycles. The third-order valence-electron chi connectivity index (χ3n) is 3.31. The Bertz CT molecular complexity index is 240. The van der Waals surface area contributed by atoms with Crippen molar-refractivity contribution in [3.8, 4) is 0 Å². The summed E-state index contributed by atoms with van der Waals surface area (Å²) in [5.41, 5.74) is 0. The van der Waals surface area contributed by atoms with Crippen LogP contribution in [-0.2, 0) is 4.79 Å². The van der Waals surface area contributed by atoms with Crippen molar-refractivity contribution in [2.45, 2.75) is 57.4 Å². The van der Waals surface area contributed by atoms with Gasteiger partial charge in [-0.2, -0.15) is 0 Å². The van der Waals surface area contributed by atoms with E-state index in [1.807, 2.05) is 0 Å². The fraction of sp³-hybridized carbons (Fsp3) is 0.846. The third kappa shape index (κ3) is 7.14. The second-order valence-electron chi connectivity index (χ2n) is 4.87. The summed E-state index contributed by atoms with van der Waals surface area (Å²) in [6.45, 7) is 1.43. The van der Waals surface area contributed by atoms with Crippen molar-refractivity contribution in [1.82, 2.24) is 16.0 Å². The van der Waals surface area contributed by atoms with Gasteiger partial charge in [0.15, 0.2) is 0 Å². The van der Waals surface area contributed by atoms with Gasteiger partial charge < -0.3 is 16.0 Å². The molecule has 3 amide bonds. The SMILES string of the molecule is O=CNCCCCCNC(=O)NC1CCCCC1. The van der Waals surface area contributed by atoms with Crippen molar-refractivity contribution < 1.29 is 9.59 Å². The molecule has 0 bridgehead atoms. The predicted molar refractivity (Wildman–Crippen MR) is 71.3 cm³/mol. The van der Waals surface area contributed by atoms with Gasteiger partial charge in [-0.3, -0.25) is 4.79 Å². The van der Waals surface area contributed by atoms with Crippen LogP contribution < -0.4 is 16.0 Å². The highest BCUT2D eigenvalue weighted by Crippen LogP contribution is 2.17. The molecular formula is C13H25N3O2. The highest BCUT2D eigenvalue weighted by Gasteiger charge is 2.14. The van der Waals surface area contributed by atoms with Gasteiger partial charge in [-0.25, -0.2) is 4.79 Å². The van der Waals surface area contributed by atoms with Gasteiger partial charge in [-0.15, -0.1) is 0 Å². The second kappa shape index (κ2) is 9.74. The van der Waals surface area contributed by atoms with Crippen molar-refractivity contribution in [1.29, 1.82) is 0 Å². The van der Waals surface area contributed by atoms with Crippen LogP contribution in [0.3, 0.4) is 0 Å². The standard InChI is InChI=1S/C13H25N3O2/c17-11-14-9-5-2-6-10-15-13(18)16-12-7-3-1-4-8-12/h11-12H,1-10H2,(H,14,17)(H2,15,16,18). The van der Waals surface area contributed by atoms with Crippen molar-refractivity contribution in [3.63, 3.8) is 0 Å². The molecule has 1 aliphatic rings. The van der Waals surface area contributed by atoms with Gasteiger partial charge in [0.1, 0.15) is 0 Å². The van der Waals surface area contributed by atoms with Crippen LogP contribution in [0.25, 0.3) is 0 Å². The van der Waals surface area contributed by atoms with Crippen LogP contribution >= 0.6 is 0 Å². The zero-order valence-corrected chi connectivity index (χ0v) is 11.0. The molecular weight excluding hydrogens is 230 g/mol. The summed E-state index contributed by atoms with van der Waals surface area (Å²) in [5.74, 6) is 0. The maximum Gasteiger partial charge on any atom is 0.315 e. The molecule has 0 atom stereocenters. The molecule has 0 aromatic heterocycles. The highest BCUT2D eigenvalue weighted by atomic mass is 16.2. The van der Waals surface area contributed by atoms with E-state index in [0.29, 0.717) is 12.6 Å². The fourth-order valence-corrected chi connectivity index (χ4v) is 2.27. The summed E-state index contributed by atoms with van der Waals surface area (Å²) in [4.78, 5) is 21.6. The van der Waals surface area contributed by atoms with E-state index in [-0.39, 0.29) is 6.03 Å². The van der Waals surface area contributed by atoms with Crippen molar-refractivity contribution in [2.75, 3.05) is 13.1 Å². The number of carbonyl (C=O) groups excluding carboxylic acids is 2. The van der Waals surface area contributed by atoms with E-state index < -0.39 is 0 Å². The molecule has 0 spiro atoms. The maximum absolute atomic E-state index is 11.6. The van der Waals surface area contributed by atoms with Crippen molar-refractivity contribution in [2.24, 2.45) is 0 Å². The predicted octanol–water partition coefficient (Wildman–Crippen LogP) is 1.53. The van der Waals surface area contributed by atoms with E-state index in [9.17, 15) is 9.59 Å². The highest BCUT2D eigenvalue weighted by molar-refractivity contribution is 5.74. The van der Waals surface area contributed by atoms with E-state index in [1.165, 1.54) is 19.3 Å². The zero-order valence-electron chi connectivity index (χ0n) is 11.0. The summed E-state index contributed by atoms with van der Waals surface area (Å²) in [5, 5.41) is 8.52. The molecule has 3 N–H and O–H groups in total. The Balaban J connectivity index is 1.91. The van der Waals surface area contributed by atoms with Crippen LogP contribution in [0.2, 0.25) is 0 Å². The quantitative estimate of drug-likeness (QED) is 0.455. The molecule has 1 rings (SSSR count). The molecule has 0 unspecified atom stereocenters. The molecule has 5 nitrogen and oxygen atoms in total. The van der Waals surface area contributed by atoms with Gasteiger partial charge in [0.05, 0.1) is 0 Å². The zero-order chi connectivity index (χ0) is 13.1. The van der Waals surface area contributed by atoms with E-state index >= 15 is 0 Å². The van der Waals surface area contributed by atoms with Gasteiger partial charge >= 0.3 is 6.03 Å². The maximum atomic E-state index is 11.6. The number of hydrogen-bond donors (Lipinski definition) is 3. The number of hydrogen-bond acceptors (Lipinski definition) is 2. The van der Waals surface area contributed by atoms with E-state index in [2.05, 4.69) is 16.0 Å². The Kier molecular flexibility index (Phi) is 8.01. The topological polar surface area (TPSA) is 70.2 Å². The molecule has 0 aromatic rings. The molecule has 104 valence electrons. The number of carbonyl (C=O) groups is 2. The Morgan fingerprint density at radius 1 is 1.06 bits per heavy atom. The Hall–Kier alpha value is -1.26. The first-order valence-electron chi connectivity index (χ1n) is 7.04. The molecule has 0 aliphatic heterocycles. The van der Waals surface area contributed by atoms with Gasteiger partial charge in [0, 0.05) is 19.1 Å². The van der Waals surface area contributed by atoms with Crippen LogP contribution in [0.15, 0.2) is 0 Å². The molecule has 18 heavy (non-hydrogen) atoms. The third-order valence-corrected chi connectivity index (χ3v) is 3.31. The average molecular weight is 255 g/mol. The van der Waals surface area contributed by atoms with Gasteiger partial charge in [0.2, 0.25) is 6.41 Å². The van der Waals surface area contributed by atoms with Crippen molar-refractivity contribution in [3.05, 3.63) is 0 Å². The van der Waals surface area contributed by atoms with E-state index in [4.69, 9.17) is 0 Å². The first kappa shape index (κ1) is 14.8. The number of urea groups is 1. The van der Waals surface area contributed by atoms with Gasteiger partial charge in [-0.05, 0) is 32.1 Å². The normalized spacial score (nSPS) is 16.0. The smallest absolute Gasteiger partial charge is 0.315 e. The minimum absolute atomic E-state index is 0.0343. The Morgan fingerprint density at radius 3 is 2.50 bits per heavy atom. The lowest BCUT2D eigenvalue weighted by Crippen LogP contribution is -2.43. The van der Waals surface area contributed by atoms with E-state index in [0.717, 1.165) is 45.1 Å². The molecule has 1 aliphatic carbocycles. The van der Waals surface area contributed by atoms with Crippen LogP contribution in [0.4, 0.5) is 4.79 Å². The first-order chi connectivity index (χ1) is 8.83. The Morgan fingerprint density at radius 2 is 1.78 bits per heavy atom. The lowest BCUT2D eigenvalue weighted by Gasteiger charge is -2.22. The fourth-order valence-electron chi connectivity index (χ4n) is 2.27. The van der Waals surface area contributed by atoms with Crippen LogP contribution in [0.5, 0.6) is 0 Å². The minimum atomic E-state index is -0.0343. The Labute approximate surface area is 109 Å². The lowest BCUT2D eigenvalue weighted by atomic mass is 9.96. The molecule has 1 saturated carbocycles.